The fourth-order valence-corrected chi connectivity index (χ4v) is 1.91. The van der Waals surface area contributed by atoms with Crippen LogP contribution in [0.3, 0.4) is 0 Å². The molecule has 0 saturated carbocycles. The predicted octanol–water partition coefficient (Wildman–Crippen LogP) is 3.45. The van der Waals surface area contributed by atoms with E-state index in [2.05, 4.69) is 5.32 Å². The van der Waals surface area contributed by atoms with E-state index in [1.807, 2.05) is 25.1 Å². The fourth-order valence-electron chi connectivity index (χ4n) is 1.91. The molecule has 2 aromatic carbocycles. The van der Waals surface area contributed by atoms with Crippen LogP contribution < -0.4 is 5.32 Å². The molecule has 0 aromatic heterocycles. The highest BCUT2D eigenvalue weighted by Crippen LogP contribution is 2.23. The van der Waals surface area contributed by atoms with Crippen LogP contribution in [0.25, 0.3) is 6.08 Å². The molecule has 0 aliphatic heterocycles. The molecule has 6 heteroatoms. The van der Waals surface area contributed by atoms with Crippen molar-refractivity contribution in [2.75, 3.05) is 5.32 Å². The lowest BCUT2D eigenvalue weighted by molar-refractivity contribution is -0.383. The number of hydrogen-bond acceptors (Lipinski definition) is 4. The zero-order chi connectivity index (χ0) is 16.8. The summed E-state index contributed by atoms with van der Waals surface area (Å²) in [6.07, 6.45) is 1.43. The van der Waals surface area contributed by atoms with Crippen molar-refractivity contribution in [2.24, 2.45) is 0 Å². The van der Waals surface area contributed by atoms with Crippen LogP contribution in [0.5, 0.6) is 0 Å². The standard InChI is InChI=1S/C17H13N3O3/c1-12-6-8-13(9-7-12)10-14(11-18)17(21)19-15-4-2-3-5-16(15)20(22)23/h2-10H,1H3,(H,19,21)/b14-10+. The number of anilines is 1. The van der Waals surface area contributed by atoms with Gasteiger partial charge in [0.2, 0.25) is 0 Å². The highest BCUT2D eigenvalue weighted by atomic mass is 16.6. The first-order chi connectivity index (χ1) is 11.0. The first-order valence-corrected chi connectivity index (χ1v) is 6.74. The van der Waals surface area contributed by atoms with Gasteiger partial charge in [-0.2, -0.15) is 5.26 Å². The topological polar surface area (TPSA) is 96.0 Å². The average Bonchev–Trinajstić information content (AvgIpc) is 2.54. The van der Waals surface area contributed by atoms with Crippen LogP contribution in [-0.4, -0.2) is 10.8 Å². The lowest BCUT2D eigenvalue weighted by Gasteiger charge is -2.05. The third kappa shape index (κ3) is 4.02. The molecule has 0 atom stereocenters. The van der Waals surface area contributed by atoms with E-state index in [-0.39, 0.29) is 16.9 Å². The third-order valence-corrected chi connectivity index (χ3v) is 3.10. The number of rotatable bonds is 4. The van der Waals surface area contributed by atoms with Gasteiger partial charge in [-0.3, -0.25) is 14.9 Å². The van der Waals surface area contributed by atoms with E-state index in [9.17, 15) is 14.9 Å². The molecule has 2 aromatic rings. The van der Waals surface area contributed by atoms with Gasteiger partial charge in [0, 0.05) is 6.07 Å². The molecule has 0 bridgehead atoms. The number of nitro benzene ring substituents is 1. The Morgan fingerprint density at radius 3 is 2.48 bits per heavy atom. The normalized spacial score (nSPS) is 10.7. The maximum absolute atomic E-state index is 12.2. The minimum atomic E-state index is -0.692. The van der Waals surface area contributed by atoms with Gasteiger partial charge in [-0.15, -0.1) is 0 Å². The molecule has 2 rings (SSSR count). The highest BCUT2D eigenvalue weighted by Gasteiger charge is 2.17. The van der Waals surface area contributed by atoms with Gasteiger partial charge >= 0.3 is 0 Å². The van der Waals surface area contributed by atoms with Gasteiger partial charge in [-0.25, -0.2) is 0 Å². The molecule has 0 spiro atoms. The second-order valence-electron chi connectivity index (χ2n) is 4.81. The van der Waals surface area contributed by atoms with Crippen LogP contribution in [-0.2, 0) is 4.79 Å². The Hall–Kier alpha value is -3.46. The van der Waals surface area contributed by atoms with E-state index in [0.717, 1.165) is 5.56 Å². The highest BCUT2D eigenvalue weighted by molar-refractivity contribution is 6.10. The Kier molecular flexibility index (Phi) is 4.85. The summed E-state index contributed by atoms with van der Waals surface area (Å²) in [6, 6.07) is 14.9. The molecule has 0 saturated heterocycles. The molecule has 0 aliphatic rings. The Labute approximate surface area is 132 Å². The van der Waals surface area contributed by atoms with Crippen LogP contribution in [0, 0.1) is 28.4 Å². The molecule has 0 heterocycles. The number of carbonyl (C=O) groups is 1. The van der Waals surface area contributed by atoms with E-state index in [1.54, 1.807) is 18.2 Å². The summed E-state index contributed by atoms with van der Waals surface area (Å²) in [5.74, 6) is -0.692. The summed E-state index contributed by atoms with van der Waals surface area (Å²) < 4.78 is 0. The Bertz CT molecular complexity index is 818. The monoisotopic (exact) mass is 307 g/mol. The maximum atomic E-state index is 12.2. The number of aryl methyl sites for hydroxylation is 1. The van der Waals surface area contributed by atoms with Crippen molar-refractivity contribution in [1.82, 2.24) is 0 Å². The van der Waals surface area contributed by atoms with Crippen molar-refractivity contribution in [2.45, 2.75) is 6.92 Å². The van der Waals surface area contributed by atoms with Gasteiger partial charge in [-0.05, 0) is 24.6 Å². The lowest BCUT2D eigenvalue weighted by Crippen LogP contribution is -2.14. The van der Waals surface area contributed by atoms with E-state index in [4.69, 9.17) is 5.26 Å². The minimum Gasteiger partial charge on any atom is -0.316 e. The first kappa shape index (κ1) is 15.9. The van der Waals surface area contributed by atoms with Crippen LogP contribution in [0.1, 0.15) is 11.1 Å². The van der Waals surface area contributed by atoms with Crippen molar-refractivity contribution in [3.63, 3.8) is 0 Å². The van der Waals surface area contributed by atoms with Crippen molar-refractivity contribution in [1.29, 1.82) is 5.26 Å². The van der Waals surface area contributed by atoms with Crippen molar-refractivity contribution in [3.05, 3.63) is 75.3 Å². The van der Waals surface area contributed by atoms with E-state index >= 15 is 0 Å². The molecule has 6 nitrogen and oxygen atoms in total. The van der Waals surface area contributed by atoms with Crippen LogP contribution in [0.4, 0.5) is 11.4 Å². The van der Waals surface area contributed by atoms with Crippen LogP contribution >= 0.6 is 0 Å². The van der Waals surface area contributed by atoms with E-state index < -0.39 is 10.8 Å². The van der Waals surface area contributed by atoms with Gasteiger partial charge < -0.3 is 5.32 Å². The summed E-state index contributed by atoms with van der Waals surface area (Å²) >= 11 is 0. The van der Waals surface area contributed by atoms with Crippen molar-refractivity contribution < 1.29 is 9.72 Å². The van der Waals surface area contributed by atoms with Crippen LogP contribution in [0.15, 0.2) is 54.1 Å². The number of nitriles is 1. The molecule has 0 aliphatic carbocycles. The van der Waals surface area contributed by atoms with Gasteiger partial charge in [0.05, 0.1) is 4.92 Å². The molecule has 1 N–H and O–H groups in total. The summed E-state index contributed by atoms with van der Waals surface area (Å²) in [6.45, 7) is 1.93. The Morgan fingerprint density at radius 2 is 1.87 bits per heavy atom. The largest absolute Gasteiger partial charge is 0.316 e. The van der Waals surface area contributed by atoms with Gasteiger partial charge in [0.25, 0.3) is 11.6 Å². The van der Waals surface area contributed by atoms with Gasteiger partial charge in [0.15, 0.2) is 0 Å². The van der Waals surface area contributed by atoms with Crippen molar-refractivity contribution in [3.8, 4) is 6.07 Å². The molecule has 0 unspecified atom stereocenters. The van der Waals surface area contributed by atoms with E-state index in [1.165, 1.54) is 24.3 Å². The summed E-state index contributed by atoms with van der Waals surface area (Å²) in [5, 5.41) is 22.5. The number of nitrogens with one attached hydrogen (secondary N) is 1. The molecule has 1 amide bonds. The van der Waals surface area contributed by atoms with E-state index in [0.29, 0.717) is 5.56 Å². The molecular weight excluding hydrogens is 294 g/mol. The minimum absolute atomic E-state index is 0.0487. The zero-order valence-electron chi connectivity index (χ0n) is 12.3. The second kappa shape index (κ2) is 7.00. The van der Waals surface area contributed by atoms with Gasteiger partial charge in [-0.1, -0.05) is 42.0 Å². The van der Waals surface area contributed by atoms with Gasteiger partial charge in [0.1, 0.15) is 17.3 Å². The smallest absolute Gasteiger partial charge is 0.292 e. The summed E-state index contributed by atoms with van der Waals surface area (Å²) in [4.78, 5) is 22.5. The number of carbonyl (C=O) groups excluding carboxylic acids is 1. The number of amides is 1. The number of para-hydroxylation sites is 2. The van der Waals surface area contributed by atoms with Crippen molar-refractivity contribution >= 4 is 23.4 Å². The number of nitrogens with zero attached hydrogens (tertiary/aromatic N) is 2. The molecule has 0 radical (unpaired) electrons. The first-order valence-electron chi connectivity index (χ1n) is 6.74. The quantitative estimate of drug-likeness (QED) is 0.405. The van der Waals surface area contributed by atoms with Crippen LogP contribution in [0.2, 0.25) is 0 Å². The SMILES string of the molecule is Cc1ccc(/C=C(\C#N)C(=O)Nc2ccccc2[N+](=O)[O-])cc1. The third-order valence-electron chi connectivity index (χ3n) is 3.10. The lowest BCUT2D eigenvalue weighted by atomic mass is 10.1. The molecular formula is C17H13N3O3. The Balaban J connectivity index is 2.27. The maximum Gasteiger partial charge on any atom is 0.292 e. The zero-order valence-corrected chi connectivity index (χ0v) is 12.3. The average molecular weight is 307 g/mol. The number of nitro groups is 1. The summed E-state index contributed by atoms with van der Waals surface area (Å²) in [5.41, 5.74) is 1.45. The number of hydrogen-bond donors (Lipinski definition) is 1. The Morgan fingerprint density at radius 1 is 1.22 bits per heavy atom. The molecule has 114 valence electrons. The predicted molar refractivity (Wildman–Crippen MR) is 86.5 cm³/mol. The molecule has 23 heavy (non-hydrogen) atoms. The fraction of sp³-hybridized carbons (Fsp3) is 0.0588. The summed E-state index contributed by atoms with van der Waals surface area (Å²) in [7, 11) is 0. The number of benzene rings is 2. The molecule has 0 fully saturated rings. The second-order valence-corrected chi connectivity index (χ2v) is 4.81.